The zero-order valence-electron chi connectivity index (χ0n) is 32.3. The highest BCUT2D eigenvalue weighted by atomic mass is 16.5. The fourth-order valence-electron chi connectivity index (χ4n) is 11.3. The molecule has 4 aliphatic rings. The lowest BCUT2D eigenvalue weighted by Crippen LogP contribution is -2.51. The molecular weight excluding hydrogens is 572 g/mol. The number of unbranched alkanes of at least 4 members (excludes halogenated alkanes) is 11. The SMILES string of the molecule is CCCCCCCC/C=C/CCCCCCCC(=O)O[C@H]1CC[C@@]2(C)C(=CCC3[C@@H]4CC[C@H]([C@H](C)CCCC(C)C)[C@@]4(C)CC[C@@H]32)C1. The van der Waals surface area contributed by atoms with E-state index >= 15 is 0 Å². The van der Waals surface area contributed by atoms with E-state index in [0.29, 0.717) is 17.3 Å². The van der Waals surface area contributed by atoms with Gasteiger partial charge in [-0.15, -0.1) is 0 Å². The van der Waals surface area contributed by atoms with Crippen LogP contribution in [0.15, 0.2) is 23.8 Å². The summed E-state index contributed by atoms with van der Waals surface area (Å²) in [6.07, 6.45) is 39.5. The Bertz CT molecular complexity index is 976. The minimum atomic E-state index is 0.0541. The maximum absolute atomic E-state index is 12.8. The lowest BCUT2D eigenvalue weighted by atomic mass is 9.47. The van der Waals surface area contributed by atoms with Crippen LogP contribution in [0, 0.1) is 46.3 Å². The summed E-state index contributed by atoms with van der Waals surface area (Å²) in [5.74, 6) is 5.31. The number of carbonyl (C=O) groups excluding carboxylic acids is 1. The molecule has 270 valence electrons. The largest absolute Gasteiger partial charge is 0.462 e. The average Bonchev–Trinajstić information content (AvgIpc) is 3.40. The molecule has 0 aromatic rings. The van der Waals surface area contributed by atoms with Crippen LogP contribution in [0.5, 0.6) is 0 Å². The highest BCUT2D eigenvalue weighted by Crippen LogP contribution is 2.67. The molecule has 0 radical (unpaired) electrons. The topological polar surface area (TPSA) is 26.3 Å². The molecule has 2 nitrogen and oxygen atoms in total. The van der Waals surface area contributed by atoms with Gasteiger partial charge in [0.15, 0.2) is 0 Å². The van der Waals surface area contributed by atoms with E-state index in [2.05, 4.69) is 59.8 Å². The van der Waals surface area contributed by atoms with Gasteiger partial charge in [0.05, 0.1) is 0 Å². The third-order valence-electron chi connectivity index (χ3n) is 14.2. The second-order valence-corrected chi connectivity index (χ2v) is 18.0. The summed E-state index contributed by atoms with van der Waals surface area (Å²) in [6, 6.07) is 0. The number of esters is 1. The van der Waals surface area contributed by atoms with Crippen molar-refractivity contribution in [2.24, 2.45) is 46.3 Å². The molecule has 4 aliphatic carbocycles. The molecule has 3 fully saturated rings. The van der Waals surface area contributed by atoms with Crippen molar-refractivity contribution in [3.63, 3.8) is 0 Å². The van der Waals surface area contributed by atoms with Gasteiger partial charge < -0.3 is 4.74 Å². The molecule has 0 N–H and O–H groups in total. The molecule has 0 spiro atoms. The Hall–Kier alpha value is -1.05. The van der Waals surface area contributed by atoms with E-state index in [1.807, 2.05) is 0 Å². The van der Waals surface area contributed by atoms with Crippen molar-refractivity contribution in [3.8, 4) is 0 Å². The third-order valence-corrected chi connectivity index (χ3v) is 14.2. The first kappa shape index (κ1) is 38.7. The molecule has 47 heavy (non-hydrogen) atoms. The summed E-state index contributed by atoms with van der Waals surface area (Å²) >= 11 is 0. The number of allylic oxidation sites excluding steroid dienone is 3. The molecule has 0 aliphatic heterocycles. The van der Waals surface area contributed by atoms with Gasteiger partial charge in [0.25, 0.3) is 0 Å². The predicted molar refractivity (Wildman–Crippen MR) is 202 cm³/mol. The van der Waals surface area contributed by atoms with Crippen molar-refractivity contribution in [3.05, 3.63) is 23.8 Å². The first-order chi connectivity index (χ1) is 22.7. The summed E-state index contributed by atoms with van der Waals surface area (Å²) in [6.45, 7) is 14.9. The van der Waals surface area contributed by atoms with Gasteiger partial charge in [0, 0.05) is 12.8 Å². The van der Waals surface area contributed by atoms with Gasteiger partial charge in [-0.25, -0.2) is 0 Å². The van der Waals surface area contributed by atoms with Crippen LogP contribution < -0.4 is 0 Å². The van der Waals surface area contributed by atoms with Crippen LogP contribution in [0.3, 0.4) is 0 Å². The van der Waals surface area contributed by atoms with Crippen molar-refractivity contribution >= 4 is 5.97 Å². The number of fused-ring (bicyclic) bond motifs is 5. The van der Waals surface area contributed by atoms with Gasteiger partial charge in [0.1, 0.15) is 6.10 Å². The van der Waals surface area contributed by atoms with E-state index in [-0.39, 0.29) is 12.1 Å². The molecular formula is C45H78O2. The van der Waals surface area contributed by atoms with E-state index in [0.717, 1.165) is 61.2 Å². The molecule has 8 atom stereocenters. The molecule has 0 heterocycles. The van der Waals surface area contributed by atoms with Gasteiger partial charge in [0.2, 0.25) is 0 Å². The number of rotatable bonds is 21. The smallest absolute Gasteiger partial charge is 0.306 e. The van der Waals surface area contributed by atoms with E-state index in [4.69, 9.17) is 4.74 Å². The minimum absolute atomic E-state index is 0.0541. The Morgan fingerprint density at radius 3 is 2.19 bits per heavy atom. The summed E-state index contributed by atoms with van der Waals surface area (Å²) in [7, 11) is 0. The standard InChI is InChI=1S/C45H78O2/c1-7-8-9-10-11-12-13-14-15-16-17-18-19-20-21-25-43(46)47-38-30-32-44(5)37(34-38)26-27-39-41-29-28-40(36(4)24-22-23-35(2)3)45(41,6)33-31-42(39)44/h14-15,26,35-36,38-42H,7-13,16-25,27-34H2,1-6H3/b15-14+/t36-,38+,39?,40-,41+,42+,44+,45-/m1/s1. The zero-order valence-corrected chi connectivity index (χ0v) is 32.3. The van der Waals surface area contributed by atoms with Gasteiger partial charge in [-0.05, 0) is 123 Å². The van der Waals surface area contributed by atoms with Gasteiger partial charge in [-0.3, -0.25) is 4.79 Å². The van der Waals surface area contributed by atoms with Crippen LogP contribution in [-0.2, 0) is 9.53 Å². The fraction of sp³-hybridized carbons (Fsp3) is 0.889. The first-order valence-corrected chi connectivity index (χ1v) is 21.2. The van der Waals surface area contributed by atoms with E-state index in [1.165, 1.54) is 128 Å². The first-order valence-electron chi connectivity index (χ1n) is 21.2. The van der Waals surface area contributed by atoms with E-state index in [1.54, 1.807) is 5.57 Å². The van der Waals surface area contributed by atoms with Gasteiger partial charge in [-0.1, -0.05) is 136 Å². The molecule has 3 saturated carbocycles. The number of hydrogen-bond donors (Lipinski definition) is 0. The minimum Gasteiger partial charge on any atom is -0.462 e. The van der Waals surface area contributed by atoms with Crippen molar-refractivity contribution in [2.75, 3.05) is 0 Å². The Morgan fingerprint density at radius 1 is 0.809 bits per heavy atom. The van der Waals surface area contributed by atoms with E-state index in [9.17, 15) is 4.79 Å². The Balaban J connectivity index is 1.12. The van der Waals surface area contributed by atoms with Crippen molar-refractivity contribution in [2.45, 2.75) is 208 Å². The molecule has 0 bridgehead atoms. The third kappa shape index (κ3) is 10.7. The van der Waals surface area contributed by atoms with Crippen LogP contribution in [0.25, 0.3) is 0 Å². The lowest BCUT2D eigenvalue weighted by molar-refractivity contribution is -0.151. The summed E-state index contributed by atoms with van der Waals surface area (Å²) in [5, 5.41) is 0. The highest BCUT2D eigenvalue weighted by Gasteiger charge is 2.59. The van der Waals surface area contributed by atoms with Crippen LogP contribution in [0.4, 0.5) is 0 Å². The second kappa shape index (κ2) is 19.4. The van der Waals surface area contributed by atoms with Crippen molar-refractivity contribution < 1.29 is 9.53 Å². The lowest BCUT2D eigenvalue weighted by Gasteiger charge is -2.58. The summed E-state index contributed by atoms with van der Waals surface area (Å²) in [4.78, 5) is 12.8. The molecule has 0 saturated heterocycles. The van der Waals surface area contributed by atoms with Crippen molar-refractivity contribution in [1.29, 1.82) is 0 Å². The zero-order chi connectivity index (χ0) is 33.7. The number of carbonyl (C=O) groups is 1. The Labute approximate surface area is 293 Å². The molecule has 0 aromatic carbocycles. The van der Waals surface area contributed by atoms with Crippen LogP contribution in [-0.4, -0.2) is 12.1 Å². The fourth-order valence-corrected chi connectivity index (χ4v) is 11.3. The molecule has 2 heteroatoms. The predicted octanol–water partition coefficient (Wildman–Crippen LogP) is 14.0. The molecule has 1 unspecified atom stereocenters. The maximum atomic E-state index is 12.8. The molecule has 0 aromatic heterocycles. The normalized spacial score (nSPS) is 32.6. The molecule has 4 rings (SSSR count). The average molecular weight is 651 g/mol. The highest BCUT2D eigenvalue weighted by molar-refractivity contribution is 5.69. The number of ether oxygens (including phenoxy) is 1. The summed E-state index contributed by atoms with van der Waals surface area (Å²) in [5.41, 5.74) is 2.53. The van der Waals surface area contributed by atoms with Crippen LogP contribution >= 0.6 is 0 Å². The molecule has 0 amide bonds. The van der Waals surface area contributed by atoms with Crippen molar-refractivity contribution in [1.82, 2.24) is 0 Å². The quantitative estimate of drug-likeness (QED) is 0.0702. The van der Waals surface area contributed by atoms with Crippen LogP contribution in [0.2, 0.25) is 0 Å². The van der Waals surface area contributed by atoms with Gasteiger partial charge >= 0.3 is 5.97 Å². The number of hydrogen-bond acceptors (Lipinski definition) is 2. The monoisotopic (exact) mass is 651 g/mol. The maximum Gasteiger partial charge on any atom is 0.306 e. The van der Waals surface area contributed by atoms with E-state index < -0.39 is 0 Å². The second-order valence-electron chi connectivity index (χ2n) is 18.0. The Morgan fingerprint density at radius 2 is 1.49 bits per heavy atom. The van der Waals surface area contributed by atoms with Gasteiger partial charge in [-0.2, -0.15) is 0 Å². The van der Waals surface area contributed by atoms with Crippen LogP contribution in [0.1, 0.15) is 202 Å². The Kier molecular flexibility index (Phi) is 16.0. The summed E-state index contributed by atoms with van der Waals surface area (Å²) < 4.78 is 6.12.